The van der Waals surface area contributed by atoms with Crippen LogP contribution < -0.4 is 4.74 Å². The van der Waals surface area contributed by atoms with Gasteiger partial charge in [-0.15, -0.1) is 11.3 Å². The Morgan fingerprint density at radius 2 is 1.90 bits per heavy atom. The zero-order chi connectivity index (χ0) is 14.6. The topological polar surface area (TPSA) is 29.5 Å². The van der Waals surface area contributed by atoms with Gasteiger partial charge in [0.25, 0.3) is 0 Å². The van der Waals surface area contributed by atoms with Gasteiger partial charge in [0.15, 0.2) is 0 Å². The maximum absolute atomic E-state index is 12.8. The summed E-state index contributed by atoms with van der Waals surface area (Å²) in [5, 5.41) is 11.2. The number of aliphatic hydroxyl groups is 1. The zero-order valence-corrected chi connectivity index (χ0v) is 11.2. The summed E-state index contributed by atoms with van der Waals surface area (Å²) >= 11 is 1.44. The quantitative estimate of drug-likeness (QED) is 0.907. The molecule has 1 heterocycles. The van der Waals surface area contributed by atoms with Gasteiger partial charge in [0.05, 0.1) is 24.7 Å². The van der Waals surface area contributed by atoms with Crippen molar-refractivity contribution < 1.29 is 23.0 Å². The first-order valence-corrected chi connectivity index (χ1v) is 6.83. The molecule has 1 aromatic heterocycles. The summed E-state index contributed by atoms with van der Waals surface area (Å²) in [7, 11) is 0. The third-order valence-corrected chi connectivity index (χ3v) is 3.83. The highest BCUT2D eigenvalue weighted by Gasteiger charge is 2.34. The number of rotatable bonds is 5. The Hall–Kier alpha value is -1.53. The van der Waals surface area contributed by atoms with Crippen molar-refractivity contribution in [1.82, 2.24) is 0 Å². The molecule has 2 aromatic rings. The van der Waals surface area contributed by atoms with E-state index in [-0.39, 0.29) is 24.9 Å². The van der Waals surface area contributed by atoms with E-state index < -0.39 is 11.7 Å². The molecule has 0 spiro atoms. The van der Waals surface area contributed by atoms with Crippen molar-refractivity contribution in [2.24, 2.45) is 0 Å². The van der Waals surface area contributed by atoms with Crippen LogP contribution in [0.5, 0.6) is 5.75 Å². The summed E-state index contributed by atoms with van der Waals surface area (Å²) in [4.78, 5) is 0.886. The van der Waals surface area contributed by atoms with E-state index in [1.54, 1.807) is 0 Å². The third kappa shape index (κ3) is 3.52. The number of hydrogen-bond donors (Lipinski definition) is 1. The van der Waals surface area contributed by atoms with E-state index in [1.807, 2.05) is 17.5 Å². The maximum Gasteiger partial charge on any atom is 0.419 e. The predicted octanol–water partition coefficient (Wildman–Crippen LogP) is 3.92. The van der Waals surface area contributed by atoms with E-state index in [2.05, 4.69) is 0 Å². The molecular formula is C14H13F3O2S. The van der Waals surface area contributed by atoms with Crippen LogP contribution in [-0.4, -0.2) is 18.3 Å². The van der Waals surface area contributed by atoms with Gasteiger partial charge in [0, 0.05) is 4.88 Å². The molecule has 0 radical (unpaired) electrons. The average Bonchev–Trinajstić information content (AvgIpc) is 2.93. The smallest absolute Gasteiger partial charge is 0.419 e. The Kier molecular flexibility index (Phi) is 4.67. The second kappa shape index (κ2) is 6.28. The number of thiophene rings is 1. The second-order valence-electron chi connectivity index (χ2n) is 4.20. The maximum atomic E-state index is 12.8. The molecule has 0 saturated carbocycles. The Morgan fingerprint density at radius 3 is 2.50 bits per heavy atom. The Labute approximate surface area is 118 Å². The molecule has 0 bridgehead atoms. The van der Waals surface area contributed by atoms with Crippen LogP contribution in [0.2, 0.25) is 0 Å². The lowest BCUT2D eigenvalue weighted by atomic mass is 10.1. The van der Waals surface area contributed by atoms with Crippen molar-refractivity contribution in [2.75, 3.05) is 13.2 Å². The fraction of sp³-hybridized carbons (Fsp3) is 0.286. The molecule has 1 unspecified atom stereocenters. The number of alkyl halides is 3. The van der Waals surface area contributed by atoms with Crippen LogP contribution in [0.15, 0.2) is 41.8 Å². The van der Waals surface area contributed by atoms with Crippen molar-refractivity contribution in [3.8, 4) is 5.75 Å². The van der Waals surface area contributed by atoms with Crippen LogP contribution in [0.1, 0.15) is 16.4 Å². The molecule has 108 valence electrons. The first-order chi connectivity index (χ1) is 9.52. The van der Waals surface area contributed by atoms with Gasteiger partial charge in [-0.25, -0.2) is 0 Å². The monoisotopic (exact) mass is 302 g/mol. The average molecular weight is 302 g/mol. The minimum absolute atomic E-state index is 0.00407. The van der Waals surface area contributed by atoms with Crippen LogP contribution in [0.25, 0.3) is 0 Å². The van der Waals surface area contributed by atoms with Gasteiger partial charge in [-0.3, -0.25) is 0 Å². The summed E-state index contributed by atoms with van der Waals surface area (Å²) < 4.78 is 43.7. The van der Waals surface area contributed by atoms with Crippen LogP contribution in [0, 0.1) is 0 Å². The van der Waals surface area contributed by atoms with Gasteiger partial charge in [-0.2, -0.15) is 13.2 Å². The van der Waals surface area contributed by atoms with Crippen LogP contribution >= 0.6 is 11.3 Å². The lowest BCUT2D eigenvalue weighted by Crippen LogP contribution is -2.15. The van der Waals surface area contributed by atoms with Gasteiger partial charge in [0.2, 0.25) is 0 Å². The normalized spacial score (nSPS) is 13.2. The number of para-hydroxylation sites is 1. The Bertz CT molecular complexity index is 538. The number of benzene rings is 1. The fourth-order valence-corrected chi connectivity index (χ4v) is 2.57. The Balaban J connectivity index is 2.11. The number of aliphatic hydroxyl groups excluding tert-OH is 1. The van der Waals surface area contributed by atoms with Gasteiger partial charge < -0.3 is 9.84 Å². The van der Waals surface area contributed by atoms with Gasteiger partial charge in [-0.05, 0) is 23.6 Å². The van der Waals surface area contributed by atoms with E-state index in [4.69, 9.17) is 4.74 Å². The van der Waals surface area contributed by atoms with Crippen molar-refractivity contribution >= 4 is 11.3 Å². The van der Waals surface area contributed by atoms with Crippen molar-refractivity contribution in [2.45, 2.75) is 12.1 Å². The Morgan fingerprint density at radius 1 is 1.15 bits per heavy atom. The summed E-state index contributed by atoms with van der Waals surface area (Å²) in [5.74, 6) is -0.536. The van der Waals surface area contributed by atoms with Gasteiger partial charge in [-0.1, -0.05) is 18.2 Å². The molecule has 0 saturated heterocycles. The molecule has 0 aliphatic carbocycles. The molecule has 0 aliphatic rings. The number of ether oxygens (including phenoxy) is 1. The summed E-state index contributed by atoms with van der Waals surface area (Å²) in [6.07, 6.45) is -4.45. The molecule has 2 nitrogen and oxygen atoms in total. The van der Waals surface area contributed by atoms with E-state index >= 15 is 0 Å². The number of halogens is 3. The molecule has 0 aliphatic heterocycles. The second-order valence-corrected chi connectivity index (χ2v) is 5.18. The van der Waals surface area contributed by atoms with Crippen molar-refractivity contribution in [3.63, 3.8) is 0 Å². The lowest BCUT2D eigenvalue weighted by molar-refractivity contribution is -0.139. The third-order valence-electron chi connectivity index (χ3n) is 2.80. The predicted molar refractivity (Wildman–Crippen MR) is 71.1 cm³/mol. The molecular weight excluding hydrogens is 289 g/mol. The molecule has 1 aromatic carbocycles. The first kappa shape index (κ1) is 14.9. The summed E-state index contributed by atoms with van der Waals surface area (Å²) in [6, 6.07) is 8.72. The SMILES string of the molecule is OCC(COc1ccccc1C(F)(F)F)c1cccs1. The molecule has 6 heteroatoms. The largest absolute Gasteiger partial charge is 0.492 e. The van der Waals surface area contributed by atoms with Crippen molar-refractivity contribution in [3.05, 3.63) is 52.2 Å². The summed E-state index contributed by atoms with van der Waals surface area (Å²) in [5.41, 5.74) is -0.803. The lowest BCUT2D eigenvalue weighted by Gasteiger charge is -2.17. The van der Waals surface area contributed by atoms with Gasteiger partial charge in [0.1, 0.15) is 5.75 Å². The van der Waals surface area contributed by atoms with Crippen molar-refractivity contribution in [1.29, 1.82) is 0 Å². The highest BCUT2D eigenvalue weighted by Crippen LogP contribution is 2.36. The highest BCUT2D eigenvalue weighted by molar-refractivity contribution is 7.10. The van der Waals surface area contributed by atoms with Crippen LogP contribution in [0.4, 0.5) is 13.2 Å². The molecule has 1 N–H and O–H groups in total. The van der Waals surface area contributed by atoms with E-state index in [0.717, 1.165) is 10.9 Å². The molecule has 1 atom stereocenters. The van der Waals surface area contributed by atoms with E-state index in [0.29, 0.717) is 0 Å². The first-order valence-electron chi connectivity index (χ1n) is 5.95. The van der Waals surface area contributed by atoms with Gasteiger partial charge >= 0.3 is 6.18 Å². The van der Waals surface area contributed by atoms with Crippen LogP contribution in [0.3, 0.4) is 0 Å². The number of hydrogen-bond acceptors (Lipinski definition) is 3. The summed E-state index contributed by atoms with van der Waals surface area (Å²) in [6.45, 7) is -0.168. The van der Waals surface area contributed by atoms with E-state index in [9.17, 15) is 18.3 Å². The standard InChI is InChI=1S/C14H13F3O2S/c15-14(16,17)11-4-1-2-5-12(11)19-9-10(8-18)13-6-3-7-20-13/h1-7,10,18H,8-9H2. The van der Waals surface area contributed by atoms with E-state index in [1.165, 1.54) is 29.5 Å². The molecule has 20 heavy (non-hydrogen) atoms. The molecule has 2 rings (SSSR count). The van der Waals surface area contributed by atoms with Crippen LogP contribution in [-0.2, 0) is 6.18 Å². The molecule has 0 fully saturated rings. The fourth-order valence-electron chi connectivity index (χ4n) is 1.77. The zero-order valence-electron chi connectivity index (χ0n) is 10.4. The highest BCUT2D eigenvalue weighted by atomic mass is 32.1. The minimum atomic E-state index is -4.45. The molecule has 0 amide bonds. The minimum Gasteiger partial charge on any atom is -0.492 e.